The molecule has 0 aliphatic carbocycles. The summed E-state index contributed by atoms with van der Waals surface area (Å²) in [4.78, 5) is 4.88. The van der Waals surface area contributed by atoms with E-state index in [2.05, 4.69) is 28.9 Å². The predicted octanol–water partition coefficient (Wildman–Crippen LogP) is 1.97. The number of ether oxygens (including phenoxy) is 1. The maximum absolute atomic E-state index is 9.40. The van der Waals surface area contributed by atoms with Crippen LogP contribution in [0.3, 0.4) is 0 Å². The van der Waals surface area contributed by atoms with Crippen LogP contribution in [-0.2, 0) is 6.54 Å². The highest BCUT2D eigenvalue weighted by molar-refractivity contribution is 5.33. The van der Waals surface area contributed by atoms with Gasteiger partial charge in [-0.3, -0.25) is 9.80 Å². The summed E-state index contributed by atoms with van der Waals surface area (Å²) < 4.78 is 5.70. The van der Waals surface area contributed by atoms with Gasteiger partial charge in [0.2, 0.25) is 0 Å². The van der Waals surface area contributed by atoms with Crippen molar-refractivity contribution < 1.29 is 9.84 Å². The monoisotopic (exact) mass is 292 g/mol. The molecule has 1 aromatic carbocycles. The largest absolute Gasteiger partial charge is 0.494 e. The highest BCUT2D eigenvalue weighted by Crippen LogP contribution is 2.21. The third-order valence-corrected chi connectivity index (χ3v) is 4.27. The van der Waals surface area contributed by atoms with Crippen molar-refractivity contribution in [3.05, 3.63) is 29.8 Å². The fraction of sp³-hybridized carbons (Fsp3) is 0.647. The molecule has 1 aromatic rings. The number of aliphatic hydroxyl groups excluding tert-OH is 1. The topological polar surface area (TPSA) is 35.9 Å². The molecule has 1 N–H and O–H groups in total. The fourth-order valence-corrected chi connectivity index (χ4v) is 2.96. The lowest BCUT2D eigenvalue weighted by atomic mass is 10.1. The van der Waals surface area contributed by atoms with Gasteiger partial charge >= 0.3 is 0 Å². The first-order valence-corrected chi connectivity index (χ1v) is 8.06. The van der Waals surface area contributed by atoms with Gasteiger partial charge in [-0.25, -0.2) is 0 Å². The average Bonchev–Trinajstić information content (AvgIpc) is 2.52. The molecule has 118 valence electrons. The molecule has 1 fully saturated rings. The Balaban J connectivity index is 1.89. The van der Waals surface area contributed by atoms with Crippen molar-refractivity contribution >= 4 is 0 Å². The molecular weight excluding hydrogens is 264 g/mol. The maximum atomic E-state index is 9.40. The van der Waals surface area contributed by atoms with E-state index in [4.69, 9.17) is 4.74 Å². The van der Waals surface area contributed by atoms with Crippen LogP contribution in [0, 0.1) is 0 Å². The standard InChI is InChI=1S/C17H28N2O2/c1-3-16(14-20)19-11-9-18(10-12-19)13-15-7-5-6-8-17(15)21-4-2/h5-8,16,20H,3-4,9-14H2,1-2H3. The summed E-state index contributed by atoms with van der Waals surface area (Å²) in [5, 5.41) is 9.40. The van der Waals surface area contributed by atoms with Crippen LogP contribution in [0.15, 0.2) is 24.3 Å². The van der Waals surface area contributed by atoms with E-state index in [9.17, 15) is 5.11 Å². The van der Waals surface area contributed by atoms with Crippen LogP contribution in [0.2, 0.25) is 0 Å². The van der Waals surface area contributed by atoms with Crippen molar-refractivity contribution in [3.8, 4) is 5.75 Å². The van der Waals surface area contributed by atoms with Crippen molar-refractivity contribution in [1.82, 2.24) is 9.80 Å². The Morgan fingerprint density at radius 3 is 2.48 bits per heavy atom. The molecule has 0 radical (unpaired) electrons. The second-order valence-corrected chi connectivity index (χ2v) is 5.60. The number of rotatable bonds is 7. The number of nitrogens with zero attached hydrogens (tertiary/aromatic N) is 2. The minimum Gasteiger partial charge on any atom is -0.494 e. The van der Waals surface area contributed by atoms with E-state index >= 15 is 0 Å². The van der Waals surface area contributed by atoms with Gasteiger partial charge in [0, 0.05) is 44.3 Å². The van der Waals surface area contributed by atoms with Crippen molar-refractivity contribution in [3.63, 3.8) is 0 Å². The molecular formula is C17H28N2O2. The molecule has 1 aliphatic rings. The first kappa shape index (κ1) is 16.3. The molecule has 0 bridgehead atoms. The van der Waals surface area contributed by atoms with Gasteiger partial charge in [0.05, 0.1) is 13.2 Å². The predicted molar refractivity (Wildman–Crippen MR) is 85.6 cm³/mol. The number of aliphatic hydroxyl groups is 1. The molecule has 2 rings (SSSR count). The second-order valence-electron chi connectivity index (χ2n) is 5.60. The highest BCUT2D eigenvalue weighted by Gasteiger charge is 2.22. The molecule has 4 nitrogen and oxygen atoms in total. The van der Waals surface area contributed by atoms with Crippen LogP contribution >= 0.6 is 0 Å². The molecule has 1 heterocycles. The third kappa shape index (κ3) is 4.43. The number of para-hydroxylation sites is 1. The molecule has 0 amide bonds. The lowest BCUT2D eigenvalue weighted by Crippen LogP contribution is -2.50. The quantitative estimate of drug-likeness (QED) is 0.833. The molecule has 0 spiro atoms. The first-order chi connectivity index (χ1) is 10.3. The number of piperazine rings is 1. The smallest absolute Gasteiger partial charge is 0.123 e. The zero-order chi connectivity index (χ0) is 15.1. The van der Waals surface area contributed by atoms with E-state index in [1.54, 1.807) is 0 Å². The molecule has 1 aliphatic heterocycles. The van der Waals surface area contributed by atoms with Crippen LogP contribution in [0.25, 0.3) is 0 Å². The number of benzene rings is 1. The summed E-state index contributed by atoms with van der Waals surface area (Å²) in [6.45, 7) is 10.3. The molecule has 21 heavy (non-hydrogen) atoms. The van der Waals surface area contributed by atoms with Gasteiger partial charge in [-0.1, -0.05) is 25.1 Å². The Morgan fingerprint density at radius 1 is 1.14 bits per heavy atom. The zero-order valence-corrected chi connectivity index (χ0v) is 13.3. The van der Waals surface area contributed by atoms with Crippen LogP contribution in [0.5, 0.6) is 5.75 Å². The molecule has 1 unspecified atom stereocenters. The number of hydrogen-bond acceptors (Lipinski definition) is 4. The summed E-state index contributed by atoms with van der Waals surface area (Å²) >= 11 is 0. The Morgan fingerprint density at radius 2 is 1.86 bits per heavy atom. The van der Waals surface area contributed by atoms with Crippen molar-refractivity contribution in [1.29, 1.82) is 0 Å². The van der Waals surface area contributed by atoms with Gasteiger partial charge in [-0.05, 0) is 19.4 Å². The lowest BCUT2D eigenvalue weighted by Gasteiger charge is -2.38. The summed E-state index contributed by atoms with van der Waals surface area (Å²) in [5.74, 6) is 1.00. The summed E-state index contributed by atoms with van der Waals surface area (Å²) in [7, 11) is 0. The molecule has 4 heteroatoms. The van der Waals surface area contributed by atoms with E-state index in [0.717, 1.165) is 44.9 Å². The van der Waals surface area contributed by atoms with E-state index in [1.807, 2.05) is 19.1 Å². The Kier molecular flexibility index (Phi) is 6.49. The van der Waals surface area contributed by atoms with E-state index < -0.39 is 0 Å². The number of hydrogen-bond donors (Lipinski definition) is 1. The van der Waals surface area contributed by atoms with Crippen LogP contribution in [-0.4, -0.2) is 60.3 Å². The molecule has 0 aromatic heterocycles. The van der Waals surface area contributed by atoms with Crippen LogP contribution in [0.4, 0.5) is 0 Å². The highest BCUT2D eigenvalue weighted by atomic mass is 16.5. The summed E-state index contributed by atoms with van der Waals surface area (Å²) in [6, 6.07) is 8.63. The van der Waals surface area contributed by atoms with Gasteiger partial charge in [-0.15, -0.1) is 0 Å². The van der Waals surface area contributed by atoms with E-state index in [0.29, 0.717) is 12.6 Å². The zero-order valence-electron chi connectivity index (χ0n) is 13.3. The van der Waals surface area contributed by atoms with Gasteiger partial charge in [0.1, 0.15) is 5.75 Å². The minimum absolute atomic E-state index is 0.268. The SMILES string of the molecule is CCOc1ccccc1CN1CCN(C(CC)CO)CC1. The average molecular weight is 292 g/mol. The van der Waals surface area contributed by atoms with E-state index in [1.165, 1.54) is 5.56 Å². The van der Waals surface area contributed by atoms with Gasteiger partial charge in [0.25, 0.3) is 0 Å². The van der Waals surface area contributed by atoms with Crippen molar-refractivity contribution in [2.45, 2.75) is 32.9 Å². The van der Waals surface area contributed by atoms with Gasteiger partial charge in [-0.2, -0.15) is 0 Å². The summed E-state index contributed by atoms with van der Waals surface area (Å²) in [5.41, 5.74) is 1.27. The van der Waals surface area contributed by atoms with Crippen LogP contribution < -0.4 is 4.74 Å². The first-order valence-electron chi connectivity index (χ1n) is 8.06. The Hall–Kier alpha value is -1.10. The van der Waals surface area contributed by atoms with Crippen LogP contribution in [0.1, 0.15) is 25.8 Å². The molecule has 1 saturated heterocycles. The maximum Gasteiger partial charge on any atom is 0.123 e. The van der Waals surface area contributed by atoms with Gasteiger partial charge in [0.15, 0.2) is 0 Å². The summed E-state index contributed by atoms with van der Waals surface area (Å²) in [6.07, 6.45) is 1.02. The van der Waals surface area contributed by atoms with Crippen molar-refractivity contribution in [2.75, 3.05) is 39.4 Å². The normalized spacial score (nSPS) is 18.6. The Labute approximate surface area is 128 Å². The fourth-order valence-electron chi connectivity index (χ4n) is 2.96. The third-order valence-electron chi connectivity index (χ3n) is 4.27. The second kappa shape index (κ2) is 8.37. The molecule has 1 atom stereocenters. The van der Waals surface area contributed by atoms with Gasteiger partial charge < -0.3 is 9.84 Å². The van der Waals surface area contributed by atoms with E-state index in [-0.39, 0.29) is 6.61 Å². The van der Waals surface area contributed by atoms with Crippen molar-refractivity contribution in [2.24, 2.45) is 0 Å². The lowest BCUT2D eigenvalue weighted by molar-refractivity contribution is 0.0605. The molecule has 0 saturated carbocycles. The minimum atomic E-state index is 0.268. The Bertz CT molecular complexity index is 413.